The number of imide groups is 2. The molecule has 13 nitrogen and oxygen atoms in total. The Morgan fingerprint density at radius 1 is 0.909 bits per heavy atom. The highest BCUT2D eigenvalue weighted by Gasteiger charge is 2.46. The van der Waals surface area contributed by atoms with Gasteiger partial charge >= 0.3 is 0 Å². The number of hydrogen-bond acceptors (Lipinski definition) is 10. The van der Waals surface area contributed by atoms with Crippen LogP contribution in [0.1, 0.15) is 69.7 Å². The zero-order valence-corrected chi connectivity index (χ0v) is 24.1. The van der Waals surface area contributed by atoms with Gasteiger partial charge in [-0.05, 0) is 62.3 Å². The summed E-state index contributed by atoms with van der Waals surface area (Å²) in [5.41, 5.74) is 5.75. The average Bonchev–Trinajstić information content (AvgIpc) is 3.37. The molecule has 1 aromatic heterocycles. The van der Waals surface area contributed by atoms with Crippen molar-refractivity contribution in [2.24, 2.45) is 11.7 Å². The monoisotopic (exact) mass is 604 g/mol. The number of halogens is 1. The van der Waals surface area contributed by atoms with E-state index in [0.29, 0.717) is 31.1 Å². The van der Waals surface area contributed by atoms with E-state index in [2.05, 4.69) is 25.3 Å². The molecule has 5 aliphatic heterocycles. The van der Waals surface area contributed by atoms with Gasteiger partial charge in [-0.1, -0.05) is 0 Å². The average molecular weight is 605 g/mol. The number of rotatable bonds is 6. The summed E-state index contributed by atoms with van der Waals surface area (Å²) in [7, 11) is 0. The molecular formula is C30H33FN8O5. The van der Waals surface area contributed by atoms with E-state index in [0.717, 1.165) is 62.1 Å². The normalized spacial score (nSPS) is 25.9. The molecule has 3 unspecified atom stereocenters. The molecule has 5 aliphatic rings. The van der Waals surface area contributed by atoms with E-state index < -0.39 is 41.4 Å². The van der Waals surface area contributed by atoms with E-state index in [-0.39, 0.29) is 35.3 Å². The summed E-state index contributed by atoms with van der Waals surface area (Å²) in [5, 5.41) is 10.3. The Morgan fingerprint density at radius 2 is 1.59 bits per heavy atom. The van der Waals surface area contributed by atoms with Crippen molar-refractivity contribution >= 4 is 41.0 Å². The topological polar surface area (TPSA) is 162 Å². The number of anilines is 2. The number of nitrogens with one attached hydrogen (secondary N) is 1. The molecule has 44 heavy (non-hydrogen) atoms. The molecule has 7 rings (SSSR count). The van der Waals surface area contributed by atoms with Gasteiger partial charge in [0.25, 0.3) is 17.7 Å². The number of piperazine rings is 1. The molecule has 14 heteroatoms. The summed E-state index contributed by atoms with van der Waals surface area (Å²) < 4.78 is 15.4. The molecule has 6 heterocycles. The lowest BCUT2D eigenvalue weighted by molar-refractivity contribution is -0.136. The molecule has 0 saturated carbocycles. The minimum absolute atomic E-state index is 0.0242. The first-order valence-corrected chi connectivity index (χ1v) is 15.1. The number of aromatic nitrogens is 2. The lowest BCUT2D eigenvalue weighted by Gasteiger charge is -2.44. The summed E-state index contributed by atoms with van der Waals surface area (Å²) in [6.45, 7) is 3.88. The van der Waals surface area contributed by atoms with Crippen LogP contribution in [-0.4, -0.2) is 100 Å². The Kier molecular flexibility index (Phi) is 7.03. The van der Waals surface area contributed by atoms with E-state index in [4.69, 9.17) is 5.73 Å². The molecule has 3 atom stereocenters. The first kappa shape index (κ1) is 28.3. The van der Waals surface area contributed by atoms with Crippen LogP contribution >= 0.6 is 0 Å². The first-order valence-electron chi connectivity index (χ1n) is 15.1. The number of carbonyl (C=O) groups excluding carboxylic acids is 5. The third-order valence-electron chi connectivity index (χ3n) is 9.79. The van der Waals surface area contributed by atoms with E-state index in [1.54, 1.807) is 12.1 Å². The number of fused-ring (bicyclic) bond motifs is 3. The smallest absolute Gasteiger partial charge is 0.269 e. The maximum atomic E-state index is 15.4. The highest BCUT2D eigenvalue weighted by atomic mass is 19.1. The fourth-order valence-corrected chi connectivity index (χ4v) is 7.48. The Balaban J connectivity index is 0.977. The highest BCUT2D eigenvalue weighted by molar-refractivity contribution is 6.23. The number of nitrogens with zero attached hydrogens (tertiary/aromatic N) is 6. The molecule has 3 N–H and O–H groups in total. The van der Waals surface area contributed by atoms with Gasteiger partial charge in [-0.3, -0.25) is 39.1 Å². The Morgan fingerprint density at radius 3 is 2.20 bits per heavy atom. The number of nitrogens with two attached hydrogens (primary N) is 1. The van der Waals surface area contributed by atoms with Crippen LogP contribution in [0, 0.1) is 11.7 Å². The standard InChI is InChI=1S/C30H33FN8O5/c31-21-11-19-20(30(44)39(29(19)43)23-4-6-26(40)33-28(23)42)12-24(21)36-9-7-16(8-10-36)13-38-17-1-2-18(38)15-37(14-17)25-5-3-22(27(32)41)34-35-25/h3,5,11-12,16-18,23H,1-2,4,6-10,13-15H2,(H2,32,41)(H,33,40,42). The second-order valence-electron chi connectivity index (χ2n) is 12.4. The fraction of sp³-hybridized carbons (Fsp3) is 0.500. The van der Waals surface area contributed by atoms with Crippen LogP contribution in [0.5, 0.6) is 0 Å². The second kappa shape index (κ2) is 10.9. The van der Waals surface area contributed by atoms with Crippen LogP contribution in [0.2, 0.25) is 0 Å². The van der Waals surface area contributed by atoms with Crippen molar-refractivity contribution in [2.45, 2.75) is 56.7 Å². The summed E-state index contributed by atoms with van der Waals surface area (Å²) >= 11 is 0. The quantitative estimate of drug-likeness (QED) is 0.449. The maximum Gasteiger partial charge on any atom is 0.269 e. The van der Waals surface area contributed by atoms with Gasteiger partial charge < -0.3 is 15.5 Å². The van der Waals surface area contributed by atoms with E-state index >= 15 is 4.39 Å². The van der Waals surface area contributed by atoms with Crippen molar-refractivity contribution in [2.75, 3.05) is 42.5 Å². The lowest BCUT2D eigenvalue weighted by Crippen LogP contribution is -2.55. The molecule has 2 bridgehead atoms. The number of hydrogen-bond donors (Lipinski definition) is 2. The van der Waals surface area contributed by atoms with Crippen LogP contribution in [0.25, 0.3) is 0 Å². The molecule has 0 aliphatic carbocycles. The molecule has 0 spiro atoms. The van der Waals surface area contributed by atoms with Gasteiger partial charge in [0.2, 0.25) is 11.8 Å². The van der Waals surface area contributed by atoms with Crippen LogP contribution in [0.15, 0.2) is 24.3 Å². The first-order chi connectivity index (χ1) is 21.2. The fourth-order valence-electron chi connectivity index (χ4n) is 7.48. The summed E-state index contributed by atoms with van der Waals surface area (Å²) in [6, 6.07) is 5.66. The minimum atomic E-state index is -1.09. The third kappa shape index (κ3) is 4.86. The SMILES string of the molecule is NC(=O)c1ccc(N2CC3CCC(C2)N3CC2CCN(c3cc4c(cc3F)C(=O)N(C3CCC(=O)NC3=O)C4=O)CC2)nn1. The number of carbonyl (C=O) groups is 5. The third-order valence-corrected chi connectivity index (χ3v) is 9.79. The maximum absolute atomic E-state index is 15.4. The molecule has 1 aromatic carbocycles. The molecular weight excluding hydrogens is 571 g/mol. The Hall–Kier alpha value is -4.46. The van der Waals surface area contributed by atoms with Gasteiger partial charge in [0.15, 0.2) is 11.5 Å². The van der Waals surface area contributed by atoms with Crippen molar-refractivity contribution in [3.05, 3.63) is 46.9 Å². The number of primary amides is 1. The number of piperidine rings is 2. The number of benzene rings is 1. The van der Waals surface area contributed by atoms with Gasteiger partial charge in [-0.2, -0.15) is 0 Å². The van der Waals surface area contributed by atoms with Crippen LogP contribution in [-0.2, 0) is 9.59 Å². The molecule has 4 fully saturated rings. The van der Waals surface area contributed by atoms with Gasteiger partial charge in [0, 0.05) is 51.2 Å². The lowest BCUT2D eigenvalue weighted by atomic mass is 9.94. The summed E-state index contributed by atoms with van der Waals surface area (Å²) in [6.07, 6.45) is 4.02. The highest BCUT2D eigenvalue weighted by Crippen LogP contribution is 2.37. The minimum Gasteiger partial charge on any atom is -0.369 e. The van der Waals surface area contributed by atoms with Crippen molar-refractivity contribution in [1.29, 1.82) is 0 Å². The summed E-state index contributed by atoms with van der Waals surface area (Å²) in [5.74, 6) is -2.48. The van der Waals surface area contributed by atoms with Crippen LogP contribution in [0.4, 0.5) is 15.9 Å². The predicted molar refractivity (Wildman–Crippen MR) is 154 cm³/mol. The van der Waals surface area contributed by atoms with Gasteiger partial charge in [0.1, 0.15) is 11.9 Å². The Labute approximate surface area is 252 Å². The molecule has 2 aromatic rings. The Bertz CT molecular complexity index is 1550. The zero-order valence-electron chi connectivity index (χ0n) is 24.1. The second-order valence-corrected chi connectivity index (χ2v) is 12.4. The molecule has 0 radical (unpaired) electrons. The summed E-state index contributed by atoms with van der Waals surface area (Å²) in [4.78, 5) is 69.1. The van der Waals surface area contributed by atoms with Crippen molar-refractivity contribution < 1.29 is 28.4 Å². The van der Waals surface area contributed by atoms with Crippen molar-refractivity contribution in [1.82, 2.24) is 25.3 Å². The van der Waals surface area contributed by atoms with E-state index in [9.17, 15) is 24.0 Å². The zero-order chi connectivity index (χ0) is 30.7. The predicted octanol–water partition coefficient (Wildman–Crippen LogP) is 0.685. The largest absolute Gasteiger partial charge is 0.369 e. The van der Waals surface area contributed by atoms with E-state index in [1.165, 1.54) is 6.07 Å². The molecule has 4 saturated heterocycles. The van der Waals surface area contributed by atoms with Crippen molar-refractivity contribution in [3.63, 3.8) is 0 Å². The molecule has 230 valence electrons. The van der Waals surface area contributed by atoms with Gasteiger partial charge in [-0.15, -0.1) is 10.2 Å². The molecule has 5 amide bonds. The van der Waals surface area contributed by atoms with Gasteiger partial charge in [-0.25, -0.2) is 4.39 Å². The number of amides is 5. The van der Waals surface area contributed by atoms with Gasteiger partial charge in [0.05, 0.1) is 16.8 Å². The van der Waals surface area contributed by atoms with E-state index in [1.807, 2.05) is 4.90 Å². The van der Waals surface area contributed by atoms with Crippen LogP contribution in [0.3, 0.4) is 0 Å². The van der Waals surface area contributed by atoms with Crippen molar-refractivity contribution in [3.8, 4) is 0 Å². The van der Waals surface area contributed by atoms with Crippen LogP contribution < -0.4 is 20.9 Å².